The summed E-state index contributed by atoms with van der Waals surface area (Å²) in [5, 5.41) is 12.0. The van der Waals surface area contributed by atoms with Gasteiger partial charge in [0.05, 0.1) is 6.54 Å². The van der Waals surface area contributed by atoms with Gasteiger partial charge in [-0.05, 0) is 18.9 Å². The van der Waals surface area contributed by atoms with Crippen molar-refractivity contribution in [3.05, 3.63) is 56.2 Å². The molecule has 2 N–H and O–H groups in total. The van der Waals surface area contributed by atoms with Crippen molar-refractivity contribution in [1.29, 1.82) is 0 Å². The fraction of sp³-hybridized carbons (Fsp3) is 0.389. The van der Waals surface area contributed by atoms with Crippen molar-refractivity contribution in [3.8, 4) is 0 Å². The lowest BCUT2D eigenvalue weighted by Gasteiger charge is -2.09. The summed E-state index contributed by atoms with van der Waals surface area (Å²) in [5.41, 5.74) is 1.95. The maximum atomic E-state index is 13.0. The highest BCUT2D eigenvalue weighted by Crippen LogP contribution is 2.13. The number of aromatic nitrogens is 4. The Hall–Kier alpha value is -2.87. The third-order valence-electron chi connectivity index (χ3n) is 4.44. The van der Waals surface area contributed by atoms with Crippen LogP contribution in [0.25, 0.3) is 11.2 Å². The van der Waals surface area contributed by atoms with E-state index in [4.69, 9.17) is 5.11 Å². The molecule has 0 unspecified atom stereocenters. The molecule has 0 aliphatic carbocycles. The lowest BCUT2D eigenvalue weighted by Crippen LogP contribution is -2.39. The largest absolute Gasteiger partial charge is 0.396 e. The van der Waals surface area contributed by atoms with E-state index in [1.807, 2.05) is 31.2 Å². The van der Waals surface area contributed by atoms with Gasteiger partial charge >= 0.3 is 5.69 Å². The molecule has 0 aliphatic rings. The van der Waals surface area contributed by atoms with Gasteiger partial charge in [-0.3, -0.25) is 13.9 Å². The molecule has 2 aromatic heterocycles. The molecule has 0 atom stereocenters. The first kappa shape index (κ1) is 17.9. The highest BCUT2D eigenvalue weighted by Gasteiger charge is 2.18. The van der Waals surface area contributed by atoms with Crippen LogP contribution in [0, 0.1) is 6.92 Å². The molecule has 1 aromatic carbocycles. The minimum atomic E-state index is -0.400. The molecule has 0 saturated carbocycles. The molecule has 0 amide bonds. The molecule has 0 radical (unpaired) electrons. The molecule has 0 spiro atoms. The summed E-state index contributed by atoms with van der Waals surface area (Å²) in [6.07, 6.45) is 0.569. The van der Waals surface area contributed by atoms with Crippen molar-refractivity contribution in [1.82, 2.24) is 18.7 Å². The van der Waals surface area contributed by atoms with Gasteiger partial charge in [0, 0.05) is 27.2 Å². The van der Waals surface area contributed by atoms with Gasteiger partial charge in [0.15, 0.2) is 11.2 Å². The first-order chi connectivity index (χ1) is 12.4. The minimum absolute atomic E-state index is 0.0682. The number of benzene rings is 1. The molecule has 138 valence electrons. The molecule has 8 heteroatoms. The molecule has 0 aliphatic heterocycles. The van der Waals surface area contributed by atoms with Crippen LogP contribution in [-0.2, 0) is 20.6 Å². The third kappa shape index (κ3) is 3.15. The van der Waals surface area contributed by atoms with Crippen LogP contribution >= 0.6 is 0 Å². The van der Waals surface area contributed by atoms with Gasteiger partial charge in [0.1, 0.15) is 0 Å². The summed E-state index contributed by atoms with van der Waals surface area (Å²) >= 11 is 0. The van der Waals surface area contributed by atoms with Crippen molar-refractivity contribution in [3.63, 3.8) is 0 Å². The van der Waals surface area contributed by atoms with E-state index in [-0.39, 0.29) is 18.7 Å². The van der Waals surface area contributed by atoms with Crippen molar-refractivity contribution in [2.75, 3.05) is 18.5 Å². The molecule has 8 nitrogen and oxygen atoms in total. The van der Waals surface area contributed by atoms with Crippen LogP contribution in [0.4, 0.5) is 5.95 Å². The molecule has 26 heavy (non-hydrogen) atoms. The smallest absolute Gasteiger partial charge is 0.332 e. The normalized spacial score (nSPS) is 11.2. The van der Waals surface area contributed by atoms with E-state index in [0.29, 0.717) is 30.1 Å². The zero-order valence-electron chi connectivity index (χ0n) is 15.2. The summed E-state index contributed by atoms with van der Waals surface area (Å²) in [5.74, 6) is 0.494. The zero-order chi connectivity index (χ0) is 18.8. The van der Waals surface area contributed by atoms with E-state index < -0.39 is 5.69 Å². The Morgan fingerprint density at radius 1 is 1.12 bits per heavy atom. The number of aryl methyl sites for hydroxylation is 3. The second kappa shape index (κ2) is 7.17. The van der Waals surface area contributed by atoms with Crippen molar-refractivity contribution in [2.45, 2.75) is 19.9 Å². The number of fused-ring (bicyclic) bond motifs is 1. The van der Waals surface area contributed by atoms with E-state index in [1.54, 1.807) is 18.7 Å². The number of rotatable bonds is 6. The maximum Gasteiger partial charge on any atom is 0.332 e. The van der Waals surface area contributed by atoms with Crippen LogP contribution in [0.15, 0.2) is 33.9 Å². The fourth-order valence-corrected chi connectivity index (χ4v) is 2.90. The van der Waals surface area contributed by atoms with Crippen LogP contribution in [0.3, 0.4) is 0 Å². The Morgan fingerprint density at radius 2 is 1.81 bits per heavy atom. The van der Waals surface area contributed by atoms with E-state index in [1.165, 1.54) is 9.13 Å². The number of aliphatic hydroxyl groups is 1. The van der Waals surface area contributed by atoms with Crippen LogP contribution < -0.4 is 16.6 Å². The number of nitrogens with zero attached hydrogens (tertiary/aromatic N) is 4. The molecule has 0 fully saturated rings. The van der Waals surface area contributed by atoms with Crippen molar-refractivity contribution < 1.29 is 5.11 Å². The Labute approximate surface area is 150 Å². The first-order valence-corrected chi connectivity index (χ1v) is 8.50. The predicted molar refractivity (Wildman–Crippen MR) is 101 cm³/mol. The van der Waals surface area contributed by atoms with Gasteiger partial charge < -0.3 is 15.0 Å². The standard InChI is InChI=1S/C18H23N5O3/c1-12-5-7-13(8-6-12)11-23-16(25)14-15(22(3)18(23)26)20-17(21(14)2)19-9-4-10-24/h5-8,24H,4,9-11H2,1-3H3,(H,19,20). The molecule has 0 bridgehead atoms. The molecule has 0 saturated heterocycles. The van der Waals surface area contributed by atoms with Crippen LogP contribution in [0.5, 0.6) is 0 Å². The van der Waals surface area contributed by atoms with Gasteiger partial charge in [0.2, 0.25) is 5.95 Å². The maximum absolute atomic E-state index is 13.0. The number of hydrogen-bond acceptors (Lipinski definition) is 5. The molecular weight excluding hydrogens is 334 g/mol. The van der Waals surface area contributed by atoms with E-state index in [2.05, 4.69) is 10.3 Å². The average Bonchev–Trinajstić information content (AvgIpc) is 2.96. The Balaban J connectivity index is 2.10. The van der Waals surface area contributed by atoms with E-state index >= 15 is 0 Å². The third-order valence-corrected chi connectivity index (χ3v) is 4.44. The van der Waals surface area contributed by atoms with Crippen molar-refractivity contribution >= 4 is 17.1 Å². The second-order valence-corrected chi connectivity index (χ2v) is 6.39. The van der Waals surface area contributed by atoms with Gasteiger partial charge in [-0.15, -0.1) is 0 Å². The van der Waals surface area contributed by atoms with Gasteiger partial charge in [-0.25, -0.2) is 4.79 Å². The predicted octanol–water partition coefficient (Wildman–Crippen LogP) is 0.585. The molecule has 3 rings (SSSR count). The lowest BCUT2D eigenvalue weighted by molar-refractivity contribution is 0.292. The average molecular weight is 357 g/mol. The number of anilines is 1. The summed E-state index contributed by atoms with van der Waals surface area (Å²) in [4.78, 5) is 30.0. The van der Waals surface area contributed by atoms with Gasteiger partial charge in [0.25, 0.3) is 5.56 Å². The summed E-state index contributed by atoms with van der Waals surface area (Å²) in [7, 11) is 3.35. The Morgan fingerprint density at radius 3 is 2.46 bits per heavy atom. The molecule has 2 heterocycles. The fourth-order valence-electron chi connectivity index (χ4n) is 2.90. The summed E-state index contributed by atoms with van der Waals surface area (Å²) < 4.78 is 4.27. The number of imidazole rings is 1. The van der Waals surface area contributed by atoms with E-state index in [9.17, 15) is 9.59 Å². The second-order valence-electron chi connectivity index (χ2n) is 6.39. The SMILES string of the molecule is Cc1ccc(Cn2c(=O)c3c(nc(NCCCO)n3C)n(C)c2=O)cc1. The highest BCUT2D eigenvalue weighted by molar-refractivity contribution is 5.74. The zero-order valence-corrected chi connectivity index (χ0v) is 15.2. The van der Waals surface area contributed by atoms with Crippen LogP contribution in [0.1, 0.15) is 17.5 Å². The van der Waals surface area contributed by atoms with Crippen LogP contribution in [-0.4, -0.2) is 36.9 Å². The first-order valence-electron chi connectivity index (χ1n) is 8.50. The lowest BCUT2D eigenvalue weighted by atomic mass is 10.1. The monoisotopic (exact) mass is 357 g/mol. The molecular formula is C18H23N5O3. The topological polar surface area (TPSA) is 94.1 Å². The Bertz CT molecular complexity index is 1040. The van der Waals surface area contributed by atoms with Gasteiger partial charge in [-0.1, -0.05) is 29.8 Å². The van der Waals surface area contributed by atoms with Crippen LogP contribution in [0.2, 0.25) is 0 Å². The number of nitrogens with one attached hydrogen (secondary N) is 1. The Kier molecular flexibility index (Phi) is 4.94. The quantitative estimate of drug-likeness (QED) is 0.630. The summed E-state index contributed by atoms with van der Waals surface area (Å²) in [6, 6.07) is 7.74. The number of aliphatic hydroxyl groups excluding tert-OH is 1. The minimum Gasteiger partial charge on any atom is -0.396 e. The number of hydrogen-bond donors (Lipinski definition) is 2. The van der Waals surface area contributed by atoms with Gasteiger partial charge in [-0.2, -0.15) is 4.98 Å². The highest BCUT2D eigenvalue weighted by atomic mass is 16.3. The molecule has 3 aromatic rings. The van der Waals surface area contributed by atoms with E-state index in [0.717, 1.165) is 11.1 Å². The summed E-state index contributed by atoms with van der Waals surface area (Å²) in [6.45, 7) is 2.79. The van der Waals surface area contributed by atoms with Crippen molar-refractivity contribution in [2.24, 2.45) is 14.1 Å².